The lowest BCUT2D eigenvalue weighted by Crippen LogP contribution is -2.18. The highest BCUT2D eigenvalue weighted by atomic mass is 16.6. The summed E-state index contributed by atoms with van der Waals surface area (Å²) >= 11 is 0. The van der Waals surface area contributed by atoms with Crippen molar-refractivity contribution in [3.05, 3.63) is 83.9 Å². The summed E-state index contributed by atoms with van der Waals surface area (Å²) in [5.74, 6) is 0.923. The normalized spacial score (nSPS) is 11.6. The fourth-order valence-corrected chi connectivity index (χ4v) is 3.68. The molecule has 3 aromatic carbocycles. The maximum atomic E-state index is 13.4. The number of carbonyl (C=O) groups is 2. The van der Waals surface area contributed by atoms with Crippen LogP contribution in [-0.2, 0) is 0 Å². The Hall–Kier alpha value is -4.39. The number of rotatable bonds is 4. The number of methoxy groups -OCH3 is 1. The minimum atomic E-state index is -0.672. The van der Waals surface area contributed by atoms with E-state index in [9.17, 15) is 9.59 Å². The smallest absolute Gasteiger partial charge is 0.417 e. The molecular weight excluding hydrogens is 394 g/mol. The summed E-state index contributed by atoms with van der Waals surface area (Å²) in [5.41, 5.74) is 3.91. The van der Waals surface area contributed by atoms with Crippen LogP contribution in [0, 0.1) is 0 Å². The van der Waals surface area contributed by atoms with E-state index in [1.54, 1.807) is 43.5 Å². The van der Waals surface area contributed by atoms with Crippen molar-refractivity contribution in [3.8, 4) is 34.0 Å². The monoisotopic (exact) mass is 411 g/mol. The second-order valence-corrected chi connectivity index (χ2v) is 6.94. The van der Waals surface area contributed by atoms with Gasteiger partial charge in [-0.05, 0) is 42.5 Å². The van der Waals surface area contributed by atoms with Gasteiger partial charge >= 0.3 is 6.09 Å². The lowest BCUT2D eigenvalue weighted by Gasteiger charge is -2.10. The average Bonchev–Trinajstić information content (AvgIpc) is 3.35. The van der Waals surface area contributed by atoms with Crippen LogP contribution in [-0.4, -0.2) is 29.2 Å². The summed E-state index contributed by atoms with van der Waals surface area (Å²) in [6.45, 7) is 0. The maximum absolute atomic E-state index is 13.4. The van der Waals surface area contributed by atoms with E-state index in [-0.39, 0.29) is 5.78 Å². The van der Waals surface area contributed by atoms with Crippen molar-refractivity contribution in [3.63, 3.8) is 0 Å². The van der Waals surface area contributed by atoms with Crippen LogP contribution < -0.4 is 14.8 Å². The third-order valence-corrected chi connectivity index (χ3v) is 5.11. The summed E-state index contributed by atoms with van der Waals surface area (Å²) < 4.78 is 10.5. The Bertz CT molecular complexity index is 1290. The summed E-state index contributed by atoms with van der Waals surface area (Å²) in [7, 11) is 1.60. The molecule has 0 spiro atoms. The van der Waals surface area contributed by atoms with Crippen molar-refractivity contribution >= 4 is 17.6 Å². The number of ether oxygens (including phenoxy) is 2. The van der Waals surface area contributed by atoms with E-state index in [0.29, 0.717) is 39.5 Å². The first kappa shape index (κ1) is 18.6. The highest BCUT2D eigenvalue weighted by molar-refractivity contribution is 6.26. The largest absolute Gasteiger partial charge is 0.497 e. The minimum absolute atomic E-state index is 0.208. The number of aromatic amines is 1. The van der Waals surface area contributed by atoms with Crippen molar-refractivity contribution in [1.82, 2.24) is 10.2 Å². The number of aromatic nitrogens is 2. The number of nitrogens with one attached hydrogen (secondary N) is 2. The summed E-state index contributed by atoms with van der Waals surface area (Å²) in [4.78, 5) is 25.7. The van der Waals surface area contributed by atoms with Gasteiger partial charge in [-0.15, -0.1) is 0 Å². The Balaban J connectivity index is 1.47. The standard InChI is InChI=1S/C24H17N3O4/c1-30-15-12-10-14(11-13-15)21-20-22(27-26-21)17-8-5-9-18(19(17)23(20)28)25-24(29)31-16-6-3-2-4-7-16/h2-13H,1H3,(H,25,29)(H,26,27). The number of carbonyl (C=O) groups excluding carboxylic acids is 2. The molecule has 4 aromatic rings. The number of para-hydroxylation sites is 1. The van der Waals surface area contributed by atoms with Gasteiger partial charge in [0, 0.05) is 11.1 Å². The second-order valence-electron chi connectivity index (χ2n) is 6.94. The molecule has 0 unspecified atom stereocenters. The molecule has 1 aliphatic carbocycles. The molecule has 1 aliphatic rings. The van der Waals surface area contributed by atoms with Crippen molar-refractivity contribution in [2.75, 3.05) is 12.4 Å². The van der Waals surface area contributed by atoms with Gasteiger partial charge in [-0.3, -0.25) is 15.2 Å². The topological polar surface area (TPSA) is 93.3 Å². The van der Waals surface area contributed by atoms with Gasteiger partial charge in [0.1, 0.15) is 17.2 Å². The fraction of sp³-hybridized carbons (Fsp3) is 0.0417. The molecule has 31 heavy (non-hydrogen) atoms. The van der Waals surface area contributed by atoms with Crippen LogP contribution in [0.4, 0.5) is 10.5 Å². The number of benzene rings is 3. The lowest BCUT2D eigenvalue weighted by atomic mass is 10.0. The molecule has 1 heterocycles. The molecule has 152 valence electrons. The number of hydrogen-bond acceptors (Lipinski definition) is 5. The molecule has 7 heteroatoms. The third kappa shape index (κ3) is 3.22. The van der Waals surface area contributed by atoms with Gasteiger partial charge in [-0.1, -0.05) is 30.3 Å². The van der Waals surface area contributed by atoms with E-state index < -0.39 is 6.09 Å². The summed E-state index contributed by atoms with van der Waals surface area (Å²) in [6.07, 6.45) is -0.672. The van der Waals surface area contributed by atoms with Gasteiger partial charge in [0.05, 0.1) is 29.6 Å². The molecule has 0 aliphatic heterocycles. The first-order valence-electron chi connectivity index (χ1n) is 9.60. The van der Waals surface area contributed by atoms with Crippen LogP contribution >= 0.6 is 0 Å². The van der Waals surface area contributed by atoms with Crippen molar-refractivity contribution in [2.24, 2.45) is 0 Å². The van der Waals surface area contributed by atoms with Crippen LogP contribution in [0.15, 0.2) is 72.8 Å². The highest BCUT2D eigenvalue weighted by Crippen LogP contribution is 2.43. The van der Waals surface area contributed by atoms with Gasteiger partial charge in [0.2, 0.25) is 0 Å². The zero-order valence-electron chi connectivity index (χ0n) is 16.5. The number of ketones is 1. The van der Waals surface area contributed by atoms with Gasteiger partial charge in [-0.2, -0.15) is 5.10 Å². The number of fused-ring (bicyclic) bond motifs is 3. The van der Waals surface area contributed by atoms with Crippen LogP contribution in [0.1, 0.15) is 15.9 Å². The minimum Gasteiger partial charge on any atom is -0.497 e. The molecule has 0 radical (unpaired) electrons. The molecular formula is C24H17N3O4. The fourth-order valence-electron chi connectivity index (χ4n) is 3.68. The van der Waals surface area contributed by atoms with Gasteiger partial charge in [0.15, 0.2) is 5.78 Å². The first-order valence-corrected chi connectivity index (χ1v) is 9.60. The number of H-pyrrole nitrogens is 1. The van der Waals surface area contributed by atoms with E-state index >= 15 is 0 Å². The average molecular weight is 411 g/mol. The number of amides is 1. The summed E-state index contributed by atoms with van der Waals surface area (Å²) in [5, 5.41) is 10.0. The zero-order chi connectivity index (χ0) is 21.4. The zero-order valence-corrected chi connectivity index (χ0v) is 16.5. The number of nitrogens with zero attached hydrogens (tertiary/aromatic N) is 1. The molecule has 0 saturated heterocycles. The van der Waals surface area contributed by atoms with Crippen molar-refractivity contribution in [2.45, 2.75) is 0 Å². The summed E-state index contributed by atoms with van der Waals surface area (Å²) in [6, 6.07) is 21.3. The van der Waals surface area contributed by atoms with Gasteiger partial charge < -0.3 is 9.47 Å². The van der Waals surface area contributed by atoms with Crippen LogP contribution in [0.3, 0.4) is 0 Å². The third-order valence-electron chi connectivity index (χ3n) is 5.11. The molecule has 5 rings (SSSR count). The second kappa shape index (κ2) is 7.46. The van der Waals surface area contributed by atoms with Crippen LogP contribution in [0.25, 0.3) is 22.5 Å². The molecule has 1 aromatic heterocycles. The van der Waals surface area contributed by atoms with Gasteiger partial charge in [0.25, 0.3) is 0 Å². The van der Waals surface area contributed by atoms with E-state index in [1.165, 1.54) is 0 Å². The molecule has 2 N–H and O–H groups in total. The molecule has 7 nitrogen and oxygen atoms in total. The molecule has 0 saturated carbocycles. The maximum Gasteiger partial charge on any atom is 0.417 e. The molecule has 0 fully saturated rings. The van der Waals surface area contributed by atoms with Crippen molar-refractivity contribution in [1.29, 1.82) is 0 Å². The van der Waals surface area contributed by atoms with E-state index in [0.717, 1.165) is 11.3 Å². The Morgan fingerprint density at radius 2 is 1.68 bits per heavy atom. The Labute approximate surface area is 177 Å². The SMILES string of the molecule is COc1ccc(-c2[nH]nc3c2C(=O)c2c(NC(=O)Oc4ccccc4)cccc2-3)cc1. The molecule has 1 amide bonds. The molecule has 0 atom stereocenters. The van der Waals surface area contributed by atoms with Crippen molar-refractivity contribution < 1.29 is 19.1 Å². The predicted molar refractivity (Wildman–Crippen MR) is 116 cm³/mol. The Morgan fingerprint density at radius 1 is 0.903 bits per heavy atom. The van der Waals surface area contributed by atoms with E-state index in [2.05, 4.69) is 15.5 Å². The Kier molecular flexibility index (Phi) is 4.48. The number of anilines is 1. The van der Waals surface area contributed by atoms with E-state index in [1.807, 2.05) is 36.4 Å². The quantitative estimate of drug-likeness (QED) is 0.438. The number of hydrogen-bond donors (Lipinski definition) is 2. The molecule has 0 bridgehead atoms. The van der Waals surface area contributed by atoms with Gasteiger partial charge in [-0.25, -0.2) is 4.79 Å². The van der Waals surface area contributed by atoms with E-state index in [4.69, 9.17) is 9.47 Å². The Morgan fingerprint density at radius 3 is 2.42 bits per heavy atom. The lowest BCUT2D eigenvalue weighted by molar-refractivity contribution is 0.104. The first-order chi connectivity index (χ1) is 15.2. The highest BCUT2D eigenvalue weighted by Gasteiger charge is 2.35. The van der Waals surface area contributed by atoms with Crippen LogP contribution in [0.5, 0.6) is 11.5 Å². The predicted octanol–water partition coefficient (Wildman–Crippen LogP) is 4.91. The van der Waals surface area contributed by atoms with Crippen LogP contribution in [0.2, 0.25) is 0 Å².